The molecule has 0 bridgehead atoms. The normalized spacial score (nSPS) is 17.6. The molecule has 3 aromatic rings. The van der Waals surface area contributed by atoms with E-state index in [1.54, 1.807) is 21.8 Å². The summed E-state index contributed by atoms with van der Waals surface area (Å²) in [5.74, 6) is -2.80. The SMILES string of the molecule is CC(F)(F)CNc1cc(-c2nc(C(=O)Nc3cn(C4COC4)nc3N3CCC(C)(C)C3=O)co2)ccn1. The molecule has 2 aliphatic rings. The second-order valence-electron chi connectivity index (χ2n) is 9.97. The van der Waals surface area contributed by atoms with E-state index < -0.39 is 23.8 Å². The summed E-state index contributed by atoms with van der Waals surface area (Å²) >= 11 is 0. The molecule has 2 amide bonds. The zero-order valence-electron chi connectivity index (χ0n) is 20.6. The highest BCUT2D eigenvalue weighted by Gasteiger charge is 2.41. The van der Waals surface area contributed by atoms with Crippen LogP contribution in [0.15, 0.2) is 35.2 Å². The highest BCUT2D eigenvalue weighted by molar-refractivity contribution is 6.07. The third kappa shape index (κ3) is 5.17. The molecule has 2 saturated heterocycles. The molecule has 5 heterocycles. The molecule has 2 fully saturated rings. The molecule has 0 radical (unpaired) electrons. The first-order valence-corrected chi connectivity index (χ1v) is 11.8. The van der Waals surface area contributed by atoms with Crippen molar-refractivity contribution in [2.24, 2.45) is 5.41 Å². The molecule has 0 saturated carbocycles. The summed E-state index contributed by atoms with van der Waals surface area (Å²) in [4.78, 5) is 35.9. The fourth-order valence-corrected chi connectivity index (χ4v) is 4.00. The number of nitrogens with zero attached hydrogens (tertiary/aromatic N) is 5. The van der Waals surface area contributed by atoms with E-state index in [0.29, 0.717) is 43.2 Å². The number of nitrogens with one attached hydrogen (secondary N) is 2. The molecule has 2 N–H and O–H groups in total. The van der Waals surface area contributed by atoms with Crippen LogP contribution in [0.5, 0.6) is 0 Å². The van der Waals surface area contributed by atoms with Gasteiger partial charge in [0.15, 0.2) is 11.5 Å². The summed E-state index contributed by atoms with van der Waals surface area (Å²) < 4.78 is 38.8. The lowest BCUT2D eigenvalue weighted by atomic mass is 9.92. The molecule has 3 aromatic heterocycles. The van der Waals surface area contributed by atoms with Crippen LogP contribution in [0.4, 0.5) is 26.1 Å². The molecule has 11 nitrogen and oxygen atoms in total. The number of amides is 2. The molecule has 0 atom stereocenters. The summed E-state index contributed by atoms with van der Waals surface area (Å²) in [6, 6.07) is 3.12. The van der Waals surface area contributed by atoms with E-state index in [2.05, 4.69) is 25.7 Å². The van der Waals surface area contributed by atoms with Crippen LogP contribution in [0, 0.1) is 5.41 Å². The summed E-state index contributed by atoms with van der Waals surface area (Å²) in [5, 5.41) is 9.95. The van der Waals surface area contributed by atoms with Gasteiger partial charge in [-0.1, -0.05) is 13.8 Å². The third-order valence-corrected chi connectivity index (χ3v) is 6.32. The highest BCUT2D eigenvalue weighted by Crippen LogP contribution is 2.37. The Bertz CT molecular complexity index is 1330. The largest absolute Gasteiger partial charge is 0.444 e. The predicted octanol–water partition coefficient (Wildman–Crippen LogP) is 3.59. The van der Waals surface area contributed by atoms with E-state index in [1.807, 2.05) is 13.8 Å². The Hall–Kier alpha value is -3.87. The molecule has 13 heteroatoms. The van der Waals surface area contributed by atoms with Gasteiger partial charge in [0.05, 0.1) is 32.0 Å². The number of carbonyl (C=O) groups excluding carboxylic acids is 2. The van der Waals surface area contributed by atoms with Crippen LogP contribution in [0.2, 0.25) is 0 Å². The van der Waals surface area contributed by atoms with Crippen LogP contribution in [-0.2, 0) is 9.53 Å². The zero-order chi connectivity index (χ0) is 26.4. The van der Waals surface area contributed by atoms with Crippen molar-refractivity contribution < 1.29 is 27.5 Å². The quantitative estimate of drug-likeness (QED) is 0.466. The minimum Gasteiger partial charge on any atom is -0.444 e. The lowest BCUT2D eigenvalue weighted by molar-refractivity contribution is -0.124. The Kier molecular flexibility index (Phi) is 6.18. The fraction of sp³-hybridized carbons (Fsp3) is 0.458. The van der Waals surface area contributed by atoms with Gasteiger partial charge in [-0.25, -0.2) is 18.7 Å². The van der Waals surface area contributed by atoms with Crippen molar-refractivity contribution in [1.82, 2.24) is 19.7 Å². The maximum absolute atomic E-state index is 13.2. The monoisotopic (exact) mass is 515 g/mol. The van der Waals surface area contributed by atoms with Gasteiger partial charge in [0.1, 0.15) is 17.8 Å². The summed E-state index contributed by atoms with van der Waals surface area (Å²) in [6.07, 6.45) is 4.98. The van der Waals surface area contributed by atoms with Crippen molar-refractivity contribution in [2.45, 2.75) is 39.2 Å². The summed E-state index contributed by atoms with van der Waals surface area (Å²) in [5.41, 5.74) is 0.319. The number of carbonyl (C=O) groups is 2. The number of hydrogen-bond acceptors (Lipinski definition) is 8. The van der Waals surface area contributed by atoms with Crippen LogP contribution in [0.1, 0.15) is 43.7 Å². The van der Waals surface area contributed by atoms with Crippen molar-refractivity contribution in [2.75, 3.05) is 41.8 Å². The minimum atomic E-state index is -2.90. The Labute approximate surface area is 211 Å². The van der Waals surface area contributed by atoms with Gasteiger partial charge in [0.2, 0.25) is 11.8 Å². The number of alkyl halides is 2. The van der Waals surface area contributed by atoms with Crippen molar-refractivity contribution in [3.63, 3.8) is 0 Å². The van der Waals surface area contributed by atoms with E-state index in [1.165, 1.54) is 18.5 Å². The van der Waals surface area contributed by atoms with Crippen LogP contribution < -0.4 is 15.5 Å². The van der Waals surface area contributed by atoms with Gasteiger partial charge in [-0.3, -0.25) is 19.2 Å². The van der Waals surface area contributed by atoms with Crippen LogP contribution in [0.3, 0.4) is 0 Å². The van der Waals surface area contributed by atoms with Gasteiger partial charge in [-0.05, 0) is 18.6 Å². The van der Waals surface area contributed by atoms with E-state index >= 15 is 0 Å². The number of halogens is 2. The first-order chi connectivity index (χ1) is 17.5. The zero-order valence-corrected chi connectivity index (χ0v) is 20.6. The van der Waals surface area contributed by atoms with Gasteiger partial charge in [-0.15, -0.1) is 0 Å². The van der Waals surface area contributed by atoms with Crippen molar-refractivity contribution >= 4 is 29.1 Å². The van der Waals surface area contributed by atoms with Gasteiger partial charge in [0.25, 0.3) is 11.8 Å². The Morgan fingerprint density at radius 3 is 2.76 bits per heavy atom. The maximum Gasteiger partial charge on any atom is 0.277 e. The molecular formula is C24H27F2N7O4. The third-order valence-electron chi connectivity index (χ3n) is 6.32. The minimum absolute atomic E-state index is 0.000156. The fourth-order valence-electron chi connectivity index (χ4n) is 4.00. The molecular weight excluding hydrogens is 488 g/mol. The van der Waals surface area contributed by atoms with Gasteiger partial charge >= 0.3 is 0 Å². The second-order valence-corrected chi connectivity index (χ2v) is 9.97. The Morgan fingerprint density at radius 2 is 2.11 bits per heavy atom. The van der Waals surface area contributed by atoms with E-state index in [-0.39, 0.29) is 29.4 Å². The lowest BCUT2D eigenvalue weighted by Crippen LogP contribution is -2.33. The molecule has 2 aliphatic heterocycles. The Balaban J connectivity index is 1.35. The van der Waals surface area contributed by atoms with E-state index in [4.69, 9.17) is 9.15 Å². The summed E-state index contributed by atoms with van der Waals surface area (Å²) in [6.45, 7) is 5.48. The molecule has 0 unspecified atom stereocenters. The van der Waals surface area contributed by atoms with Crippen molar-refractivity contribution in [3.05, 3.63) is 36.5 Å². The Morgan fingerprint density at radius 1 is 1.32 bits per heavy atom. The standard InChI is InChI=1S/C24H27F2N7O4/c1-23(2)5-7-32(22(23)35)19-16(9-33(31-19)15-10-36-11-15)29-20(34)17-12-37-21(30-17)14-4-6-27-18(8-14)28-13-24(3,25)26/h4,6,8-9,12,15H,5,7,10-11,13H2,1-3H3,(H,27,28)(H,29,34). The average molecular weight is 516 g/mol. The predicted molar refractivity (Wildman–Crippen MR) is 130 cm³/mol. The molecule has 0 aliphatic carbocycles. The number of anilines is 3. The highest BCUT2D eigenvalue weighted by atomic mass is 19.3. The van der Waals surface area contributed by atoms with Crippen LogP contribution in [0.25, 0.3) is 11.5 Å². The first kappa shape index (κ1) is 24.8. The van der Waals surface area contributed by atoms with Crippen molar-refractivity contribution in [1.29, 1.82) is 0 Å². The number of pyridine rings is 1. The van der Waals surface area contributed by atoms with E-state index in [0.717, 1.165) is 6.92 Å². The van der Waals surface area contributed by atoms with E-state index in [9.17, 15) is 18.4 Å². The van der Waals surface area contributed by atoms with Gasteiger partial charge < -0.3 is 19.8 Å². The maximum atomic E-state index is 13.2. The number of ether oxygens (including phenoxy) is 1. The topological polar surface area (TPSA) is 127 Å². The van der Waals surface area contributed by atoms with Crippen LogP contribution in [-0.4, -0.2) is 63.8 Å². The molecule has 0 spiro atoms. The van der Waals surface area contributed by atoms with Gasteiger partial charge in [0, 0.05) is 30.6 Å². The molecule has 0 aromatic carbocycles. The molecule has 196 valence electrons. The summed E-state index contributed by atoms with van der Waals surface area (Å²) in [7, 11) is 0. The average Bonchev–Trinajstić information content (AvgIpc) is 3.50. The van der Waals surface area contributed by atoms with Gasteiger partial charge in [-0.2, -0.15) is 5.10 Å². The number of oxazole rings is 1. The smallest absolute Gasteiger partial charge is 0.277 e. The van der Waals surface area contributed by atoms with Crippen molar-refractivity contribution in [3.8, 4) is 11.5 Å². The number of aromatic nitrogens is 4. The lowest BCUT2D eigenvalue weighted by Gasteiger charge is -2.26. The number of hydrogen-bond donors (Lipinski definition) is 2. The molecule has 37 heavy (non-hydrogen) atoms. The first-order valence-electron chi connectivity index (χ1n) is 11.8. The molecule has 5 rings (SSSR count). The second kappa shape index (κ2) is 9.21. The number of rotatable bonds is 8. The van der Waals surface area contributed by atoms with Crippen LogP contribution >= 0.6 is 0 Å².